The van der Waals surface area contributed by atoms with Crippen LogP contribution in [0.3, 0.4) is 0 Å². The maximum Gasteiger partial charge on any atom is 0.409 e. The molecule has 0 atom stereocenters. The molecule has 2 aliphatic rings. The van der Waals surface area contributed by atoms with Gasteiger partial charge in [-0.15, -0.1) is 10.2 Å². The number of hydrogen-bond donors (Lipinski definition) is 0. The first-order chi connectivity index (χ1) is 16.0. The predicted octanol–water partition coefficient (Wildman–Crippen LogP) is 2.86. The number of aryl methyl sites for hydroxylation is 1. The molecule has 1 spiro atoms. The van der Waals surface area contributed by atoms with E-state index in [1.807, 2.05) is 48.2 Å². The number of rotatable bonds is 2. The van der Waals surface area contributed by atoms with E-state index in [9.17, 15) is 9.59 Å². The number of carbonyl (C=O) groups is 2. The monoisotopic (exact) mass is 446 g/mol. The topological polar surface area (TPSA) is 93.5 Å². The molecule has 3 aromatic rings. The summed E-state index contributed by atoms with van der Waals surface area (Å²) >= 11 is 0. The maximum atomic E-state index is 13.1. The lowest BCUT2D eigenvalue weighted by Crippen LogP contribution is -2.57. The van der Waals surface area contributed by atoms with E-state index < -0.39 is 5.54 Å². The number of aromatic nitrogens is 4. The van der Waals surface area contributed by atoms with E-state index in [1.54, 1.807) is 17.3 Å². The second-order valence-corrected chi connectivity index (χ2v) is 8.73. The van der Waals surface area contributed by atoms with E-state index in [2.05, 4.69) is 19.7 Å². The van der Waals surface area contributed by atoms with Crippen molar-refractivity contribution < 1.29 is 14.3 Å². The molecular weight excluding hydrogens is 420 g/mol. The van der Waals surface area contributed by atoms with Gasteiger partial charge in [-0.25, -0.2) is 4.79 Å². The van der Waals surface area contributed by atoms with Crippen molar-refractivity contribution in [2.75, 3.05) is 26.7 Å². The number of carbonyl (C=O) groups excluding carboxylic acids is 2. The summed E-state index contributed by atoms with van der Waals surface area (Å²) in [5.41, 5.74) is 2.21. The van der Waals surface area contributed by atoms with E-state index >= 15 is 0 Å². The third-order valence-electron chi connectivity index (χ3n) is 6.62. The number of methoxy groups -OCH3 is 1. The normalized spacial score (nSPS) is 17.0. The van der Waals surface area contributed by atoms with Gasteiger partial charge in [0.05, 0.1) is 19.2 Å². The summed E-state index contributed by atoms with van der Waals surface area (Å²) in [6, 6.07) is 11.5. The van der Waals surface area contributed by atoms with Crippen LogP contribution in [0.5, 0.6) is 0 Å². The summed E-state index contributed by atoms with van der Waals surface area (Å²) in [5.74, 6) is 1.48. The molecule has 9 nitrogen and oxygen atoms in total. The molecule has 170 valence electrons. The zero-order valence-corrected chi connectivity index (χ0v) is 18.8. The number of amides is 2. The number of likely N-dealkylation sites (tertiary alicyclic amines) is 1. The second kappa shape index (κ2) is 8.31. The first-order valence-electron chi connectivity index (χ1n) is 11.0. The predicted molar refractivity (Wildman–Crippen MR) is 120 cm³/mol. The second-order valence-electron chi connectivity index (χ2n) is 8.73. The number of ether oxygens (including phenoxy) is 1. The smallest absolute Gasteiger partial charge is 0.409 e. The van der Waals surface area contributed by atoms with Crippen LogP contribution in [0, 0.1) is 6.92 Å². The fourth-order valence-corrected chi connectivity index (χ4v) is 4.98. The van der Waals surface area contributed by atoms with E-state index in [4.69, 9.17) is 4.74 Å². The van der Waals surface area contributed by atoms with Crippen molar-refractivity contribution in [2.45, 2.75) is 31.8 Å². The lowest BCUT2D eigenvalue weighted by Gasteiger charge is -2.48. The van der Waals surface area contributed by atoms with Crippen LogP contribution in [0.1, 0.15) is 34.6 Å². The molecule has 1 aromatic carbocycles. The van der Waals surface area contributed by atoms with Crippen molar-refractivity contribution in [2.24, 2.45) is 0 Å². The van der Waals surface area contributed by atoms with Crippen molar-refractivity contribution in [1.29, 1.82) is 0 Å². The van der Waals surface area contributed by atoms with E-state index in [0.29, 0.717) is 50.4 Å². The number of benzene rings is 1. The molecule has 0 bridgehead atoms. The molecule has 2 amide bonds. The summed E-state index contributed by atoms with van der Waals surface area (Å²) < 4.78 is 7.18. The first-order valence-corrected chi connectivity index (χ1v) is 11.0. The lowest BCUT2D eigenvalue weighted by molar-refractivity contribution is 0.0317. The first kappa shape index (κ1) is 21.1. The summed E-state index contributed by atoms with van der Waals surface area (Å²) in [4.78, 5) is 33.4. The van der Waals surface area contributed by atoms with Gasteiger partial charge in [-0.1, -0.05) is 17.7 Å². The van der Waals surface area contributed by atoms with Gasteiger partial charge in [0.2, 0.25) is 0 Å². The number of hydrogen-bond acceptors (Lipinski definition) is 6. The van der Waals surface area contributed by atoms with Crippen LogP contribution in [-0.4, -0.2) is 68.3 Å². The van der Waals surface area contributed by atoms with Gasteiger partial charge in [0.1, 0.15) is 0 Å². The van der Waals surface area contributed by atoms with Crippen LogP contribution in [0.2, 0.25) is 0 Å². The fraction of sp³-hybridized carbons (Fsp3) is 0.375. The fourth-order valence-electron chi connectivity index (χ4n) is 4.98. The molecule has 33 heavy (non-hydrogen) atoms. The largest absolute Gasteiger partial charge is 0.453 e. The molecule has 0 radical (unpaired) electrons. The zero-order valence-electron chi connectivity index (χ0n) is 18.8. The van der Waals surface area contributed by atoms with Gasteiger partial charge >= 0.3 is 6.09 Å². The van der Waals surface area contributed by atoms with Crippen LogP contribution in [-0.2, 0) is 16.8 Å². The number of pyridine rings is 1. The van der Waals surface area contributed by atoms with E-state index in [1.165, 1.54) is 7.11 Å². The van der Waals surface area contributed by atoms with Crippen molar-refractivity contribution >= 4 is 12.0 Å². The zero-order chi connectivity index (χ0) is 23.0. The lowest BCUT2D eigenvalue weighted by atomic mass is 9.84. The number of nitrogens with zero attached hydrogens (tertiary/aromatic N) is 6. The molecule has 1 saturated heterocycles. The summed E-state index contributed by atoms with van der Waals surface area (Å²) in [7, 11) is 1.39. The number of piperidine rings is 1. The molecule has 0 unspecified atom stereocenters. The Morgan fingerprint density at radius 2 is 1.88 bits per heavy atom. The summed E-state index contributed by atoms with van der Waals surface area (Å²) in [5, 5.41) is 8.88. The number of fused-ring (bicyclic) bond motifs is 2. The summed E-state index contributed by atoms with van der Waals surface area (Å²) in [6.07, 6.45) is 4.46. The van der Waals surface area contributed by atoms with Gasteiger partial charge in [0.25, 0.3) is 5.91 Å². The Bertz CT molecular complexity index is 1180. The highest BCUT2D eigenvalue weighted by molar-refractivity contribution is 5.94. The Morgan fingerprint density at radius 3 is 2.58 bits per heavy atom. The Hall–Kier alpha value is -3.75. The van der Waals surface area contributed by atoms with Crippen LogP contribution >= 0.6 is 0 Å². The maximum absolute atomic E-state index is 13.1. The minimum absolute atomic E-state index is 0.0330. The van der Waals surface area contributed by atoms with E-state index in [0.717, 1.165) is 17.0 Å². The molecule has 2 aromatic heterocycles. The average molecular weight is 447 g/mol. The summed E-state index contributed by atoms with van der Waals surface area (Å²) in [6.45, 7) is 3.94. The van der Waals surface area contributed by atoms with Crippen LogP contribution in [0.25, 0.3) is 11.4 Å². The van der Waals surface area contributed by atoms with Gasteiger partial charge in [0.15, 0.2) is 11.6 Å². The minimum atomic E-state index is -0.431. The highest BCUT2D eigenvalue weighted by atomic mass is 16.5. The quantitative estimate of drug-likeness (QED) is 0.601. The van der Waals surface area contributed by atoms with Gasteiger partial charge in [0, 0.05) is 43.2 Å². The van der Waals surface area contributed by atoms with Crippen LogP contribution in [0.15, 0.2) is 48.8 Å². The Labute approximate surface area is 192 Å². The molecule has 2 aliphatic heterocycles. The third kappa shape index (κ3) is 3.73. The average Bonchev–Trinajstić information content (AvgIpc) is 3.29. The van der Waals surface area contributed by atoms with Crippen LogP contribution in [0.4, 0.5) is 4.79 Å². The van der Waals surface area contributed by atoms with Gasteiger partial charge in [-0.05, 0) is 44.0 Å². The van der Waals surface area contributed by atoms with Crippen LogP contribution < -0.4 is 0 Å². The Balaban J connectivity index is 1.48. The molecule has 0 saturated carbocycles. The van der Waals surface area contributed by atoms with Crippen molar-refractivity contribution in [1.82, 2.24) is 29.5 Å². The molecular formula is C24H26N6O3. The molecule has 9 heteroatoms. The van der Waals surface area contributed by atoms with E-state index in [-0.39, 0.29) is 12.0 Å². The van der Waals surface area contributed by atoms with Gasteiger partial charge in [-0.3, -0.25) is 14.7 Å². The Kier molecular flexibility index (Phi) is 5.32. The highest BCUT2D eigenvalue weighted by Gasteiger charge is 2.46. The van der Waals surface area contributed by atoms with Gasteiger partial charge < -0.3 is 14.2 Å². The van der Waals surface area contributed by atoms with Crippen molar-refractivity contribution in [3.63, 3.8) is 0 Å². The SMILES string of the molecule is COC(=O)N1Cc2nnc(-c3cccnc3)n2C2(CCN(C(=O)c3cccc(C)c3)CC2)C1. The molecule has 5 rings (SSSR count). The third-order valence-corrected chi connectivity index (χ3v) is 6.62. The standard InChI is InChI=1S/C24H26N6O3/c1-17-5-3-6-18(13-17)22(31)28-11-8-24(9-12-28)16-29(23(32)33-2)15-20-26-27-21(30(20)24)19-7-4-10-25-14-19/h3-7,10,13-14H,8-9,11-12,15-16H2,1-2H3. The Morgan fingerprint density at radius 1 is 1.06 bits per heavy atom. The molecule has 0 N–H and O–H groups in total. The highest BCUT2D eigenvalue weighted by Crippen LogP contribution is 2.39. The van der Waals surface area contributed by atoms with Crippen molar-refractivity contribution in [3.8, 4) is 11.4 Å². The minimum Gasteiger partial charge on any atom is -0.453 e. The van der Waals surface area contributed by atoms with Gasteiger partial charge in [-0.2, -0.15) is 0 Å². The van der Waals surface area contributed by atoms with Crippen molar-refractivity contribution in [3.05, 3.63) is 65.7 Å². The molecule has 1 fully saturated rings. The molecule has 0 aliphatic carbocycles. The molecule has 4 heterocycles.